The lowest BCUT2D eigenvalue weighted by Gasteiger charge is -2.09. The average Bonchev–Trinajstić information content (AvgIpc) is 3.06. The third kappa shape index (κ3) is 3.16. The van der Waals surface area contributed by atoms with Crippen LogP contribution in [0.3, 0.4) is 0 Å². The van der Waals surface area contributed by atoms with Crippen LogP contribution >= 0.6 is 0 Å². The summed E-state index contributed by atoms with van der Waals surface area (Å²) in [5.74, 6) is 0.415. The number of aliphatic hydroxyl groups excluding tert-OH is 1. The molecule has 0 bridgehead atoms. The fourth-order valence-corrected chi connectivity index (χ4v) is 3.22. The van der Waals surface area contributed by atoms with Crippen molar-refractivity contribution in [3.05, 3.63) is 70.3 Å². The smallest absolute Gasteiger partial charge is 0.348 e. The van der Waals surface area contributed by atoms with E-state index in [1.165, 1.54) is 6.21 Å². The molecule has 0 aliphatic carbocycles. The van der Waals surface area contributed by atoms with Crippen molar-refractivity contribution < 1.29 is 14.6 Å². The van der Waals surface area contributed by atoms with E-state index < -0.39 is 11.7 Å². The Balaban J connectivity index is 1.61. The second-order valence-electron chi connectivity index (χ2n) is 6.47. The number of rotatable bonds is 5. The molecule has 1 atom stereocenters. The average molecular weight is 377 g/mol. The van der Waals surface area contributed by atoms with Crippen molar-refractivity contribution in [2.24, 2.45) is 4.99 Å². The van der Waals surface area contributed by atoms with Crippen molar-refractivity contribution in [1.82, 2.24) is 9.55 Å². The Morgan fingerprint density at radius 2 is 1.96 bits per heavy atom. The summed E-state index contributed by atoms with van der Waals surface area (Å²) in [7, 11) is 0. The van der Waals surface area contributed by atoms with Crippen LogP contribution in [0.15, 0.2) is 62.7 Å². The second kappa shape index (κ2) is 7.28. The minimum absolute atomic E-state index is 0.0185. The van der Waals surface area contributed by atoms with Gasteiger partial charge in [-0.05, 0) is 31.2 Å². The first-order valence-electron chi connectivity index (χ1n) is 8.94. The minimum atomic E-state index is -0.715. The van der Waals surface area contributed by atoms with Gasteiger partial charge in [0.2, 0.25) is 0 Å². The SMILES string of the molecule is CC(O)c1nc2ccccc2n1CCN=Cc1c(O)c2ccccc2oc1=O. The lowest BCUT2D eigenvalue weighted by atomic mass is 10.1. The first-order valence-corrected chi connectivity index (χ1v) is 8.94. The lowest BCUT2D eigenvalue weighted by Crippen LogP contribution is -2.10. The molecule has 7 heteroatoms. The molecular weight excluding hydrogens is 358 g/mol. The van der Waals surface area contributed by atoms with Crippen molar-refractivity contribution >= 4 is 28.2 Å². The number of imidazole rings is 1. The van der Waals surface area contributed by atoms with Gasteiger partial charge in [0, 0.05) is 12.8 Å². The molecule has 4 aromatic rings. The molecule has 0 aliphatic rings. The molecule has 4 rings (SSSR count). The van der Waals surface area contributed by atoms with Crippen LogP contribution in [0, 0.1) is 0 Å². The van der Waals surface area contributed by atoms with Crippen LogP contribution in [0.1, 0.15) is 24.4 Å². The molecule has 28 heavy (non-hydrogen) atoms. The van der Waals surface area contributed by atoms with E-state index in [0.29, 0.717) is 29.9 Å². The summed E-state index contributed by atoms with van der Waals surface area (Å²) in [5, 5.41) is 20.8. The van der Waals surface area contributed by atoms with Crippen molar-refractivity contribution in [2.45, 2.75) is 19.6 Å². The van der Waals surface area contributed by atoms with Crippen LogP contribution < -0.4 is 5.63 Å². The molecule has 0 saturated heterocycles. The van der Waals surface area contributed by atoms with Gasteiger partial charge >= 0.3 is 5.63 Å². The van der Waals surface area contributed by atoms with E-state index in [-0.39, 0.29) is 11.3 Å². The van der Waals surface area contributed by atoms with Gasteiger partial charge < -0.3 is 19.2 Å². The molecule has 0 radical (unpaired) electrons. The summed E-state index contributed by atoms with van der Waals surface area (Å²) in [5.41, 5.74) is 1.41. The van der Waals surface area contributed by atoms with Crippen LogP contribution in [0.25, 0.3) is 22.0 Å². The molecule has 1 unspecified atom stereocenters. The van der Waals surface area contributed by atoms with Crippen LogP contribution in [0.2, 0.25) is 0 Å². The van der Waals surface area contributed by atoms with E-state index in [0.717, 1.165) is 11.0 Å². The van der Waals surface area contributed by atoms with Crippen molar-refractivity contribution in [3.63, 3.8) is 0 Å². The number of nitrogens with zero attached hydrogens (tertiary/aromatic N) is 3. The zero-order chi connectivity index (χ0) is 19.7. The second-order valence-corrected chi connectivity index (χ2v) is 6.47. The van der Waals surface area contributed by atoms with Gasteiger partial charge in [0.25, 0.3) is 0 Å². The molecule has 2 N–H and O–H groups in total. The maximum Gasteiger partial charge on any atom is 0.348 e. The lowest BCUT2D eigenvalue weighted by molar-refractivity contribution is 0.184. The van der Waals surface area contributed by atoms with E-state index >= 15 is 0 Å². The molecular formula is C21H19N3O4. The number of aromatic hydroxyl groups is 1. The predicted octanol–water partition coefficient (Wildman–Crippen LogP) is 3.02. The largest absolute Gasteiger partial charge is 0.506 e. The summed E-state index contributed by atoms with van der Waals surface area (Å²) in [6, 6.07) is 14.4. The van der Waals surface area contributed by atoms with Crippen LogP contribution in [-0.2, 0) is 6.54 Å². The molecule has 0 saturated carbocycles. The topological polar surface area (TPSA) is 101 Å². The van der Waals surface area contributed by atoms with Crippen LogP contribution in [-0.4, -0.2) is 32.5 Å². The Hall–Kier alpha value is -3.45. The zero-order valence-corrected chi connectivity index (χ0v) is 15.2. The number of aliphatic hydroxyl groups is 1. The van der Waals surface area contributed by atoms with Crippen LogP contribution in [0.4, 0.5) is 0 Å². The Labute approximate surface area is 160 Å². The molecule has 0 spiro atoms. The molecule has 7 nitrogen and oxygen atoms in total. The first-order chi connectivity index (χ1) is 13.6. The van der Waals surface area contributed by atoms with Gasteiger partial charge in [-0.25, -0.2) is 9.78 Å². The Kier molecular flexibility index (Phi) is 4.67. The van der Waals surface area contributed by atoms with Crippen molar-refractivity contribution in [2.75, 3.05) is 6.54 Å². The van der Waals surface area contributed by atoms with Crippen molar-refractivity contribution in [3.8, 4) is 5.75 Å². The van der Waals surface area contributed by atoms with Gasteiger partial charge in [-0.3, -0.25) is 4.99 Å². The maximum atomic E-state index is 12.1. The number of aliphatic imine (C=N–C) groups is 1. The summed E-state index contributed by atoms with van der Waals surface area (Å²) in [6.07, 6.45) is 0.613. The number of aromatic nitrogens is 2. The normalized spacial score (nSPS) is 12.9. The Bertz CT molecular complexity index is 1240. The van der Waals surface area contributed by atoms with Gasteiger partial charge in [0.15, 0.2) is 0 Å². The zero-order valence-electron chi connectivity index (χ0n) is 15.2. The van der Waals surface area contributed by atoms with Gasteiger partial charge in [0.1, 0.15) is 28.8 Å². The molecule has 0 aliphatic heterocycles. The number of fused-ring (bicyclic) bond motifs is 2. The third-order valence-electron chi connectivity index (χ3n) is 4.55. The monoisotopic (exact) mass is 377 g/mol. The maximum absolute atomic E-state index is 12.1. The van der Waals surface area contributed by atoms with E-state index in [9.17, 15) is 15.0 Å². The molecule has 0 amide bonds. The molecule has 2 aromatic heterocycles. The fraction of sp³-hybridized carbons (Fsp3) is 0.190. The van der Waals surface area contributed by atoms with Gasteiger partial charge in [-0.2, -0.15) is 0 Å². The van der Waals surface area contributed by atoms with E-state index in [4.69, 9.17) is 4.42 Å². The standard InChI is InChI=1S/C21H19N3O4/c1-13(25)20-23-16-7-3-4-8-17(16)24(20)11-10-22-12-15-19(26)14-6-2-5-9-18(14)28-21(15)27/h2-9,12-13,25-26H,10-11H2,1H3. The first kappa shape index (κ1) is 17.9. The highest BCUT2D eigenvalue weighted by Gasteiger charge is 2.14. The Morgan fingerprint density at radius 1 is 1.21 bits per heavy atom. The fourth-order valence-electron chi connectivity index (χ4n) is 3.22. The number of hydrogen-bond donors (Lipinski definition) is 2. The number of hydrogen-bond acceptors (Lipinski definition) is 6. The highest BCUT2D eigenvalue weighted by atomic mass is 16.4. The third-order valence-corrected chi connectivity index (χ3v) is 4.55. The van der Waals surface area contributed by atoms with Gasteiger partial charge in [-0.1, -0.05) is 24.3 Å². The van der Waals surface area contributed by atoms with E-state index in [1.54, 1.807) is 31.2 Å². The number of para-hydroxylation sites is 3. The number of benzene rings is 2. The summed E-state index contributed by atoms with van der Waals surface area (Å²) >= 11 is 0. The summed E-state index contributed by atoms with van der Waals surface area (Å²) < 4.78 is 7.13. The predicted molar refractivity (Wildman–Crippen MR) is 107 cm³/mol. The quantitative estimate of drug-likeness (QED) is 0.411. The van der Waals surface area contributed by atoms with Gasteiger partial charge in [0.05, 0.1) is 23.0 Å². The van der Waals surface area contributed by atoms with Gasteiger partial charge in [-0.15, -0.1) is 0 Å². The summed E-state index contributed by atoms with van der Waals surface area (Å²) in [6.45, 7) is 2.47. The van der Waals surface area contributed by atoms with E-state index in [2.05, 4.69) is 9.98 Å². The van der Waals surface area contributed by atoms with E-state index in [1.807, 2.05) is 28.8 Å². The highest BCUT2D eigenvalue weighted by Crippen LogP contribution is 2.25. The minimum Gasteiger partial charge on any atom is -0.506 e. The Morgan fingerprint density at radius 3 is 2.79 bits per heavy atom. The summed E-state index contributed by atoms with van der Waals surface area (Å²) in [4.78, 5) is 20.9. The molecule has 0 fully saturated rings. The molecule has 2 aromatic carbocycles. The highest BCUT2D eigenvalue weighted by molar-refractivity contribution is 5.93. The molecule has 2 heterocycles. The molecule has 142 valence electrons. The van der Waals surface area contributed by atoms with Crippen LogP contribution in [0.5, 0.6) is 5.75 Å². The van der Waals surface area contributed by atoms with Crippen molar-refractivity contribution in [1.29, 1.82) is 0 Å².